The highest BCUT2D eigenvalue weighted by Crippen LogP contribution is 2.27. The van der Waals surface area contributed by atoms with Gasteiger partial charge in [0.05, 0.1) is 24.4 Å². The van der Waals surface area contributed by atoms with Crippen molar-refractivity contribution in [2.24, 2.45) is 0 Å². The number of fused-ring (bicyclic) bond motifs is 1. The van der Waals surface area contributed by atoms with Gasteiger partial charge in [0.15, 0.2) is 0 Å². The average molecular weight is 497 g/mol. The van der Waals surface area contributed by atoms with Gasteiger partial charge in [-0.15, -0.1) is 0 Å². The summed E-state index contributed by atoms with van der Waals surface area (Å²) in [5.74, 6) is -1.10. The number of aliphatic hydroxyl groups is 2. The van der Waals surface area contributed by atoms with E-state index >= 15 is 0 Å². The predicted molar refractivity (Wildman–Crippen MR) is 139 cm³/mol. The second kappa shape index (κ2) is 11.6. The van der Waals surface area contributed by atoms with E-state index in [0.29, 0.717) is 47.0 Å². The minimum atomic E-state index is -0.613. The average Bonchev–Trinajstić information content (AvgIpc) is 2.89. The molecule has 1 heterocycles. The maximum Gasteiger partial charge on any atom is 0.261 e. The number of hydrogen-bond donors (Lipinski definition) is 5. The first kappa shape index (κ1) is 25.8. The number of aromatic nitrogens is 1. The minimum absolute atomic E-state index is 0.0233. The zero-order valence-electron chi connectivity index (χ0n) is 20.4. The molecule has 0 saturated heterocycles. The number of halogens is 1. The topological polar surface area (TPSA) is 118 Å². The fourth-order valence-corrected chi connectivity index (χ4v) is 5.02. The smallest absolute Gasteiger partial charge is 0.261 e. The summed E-state index contributed by atoms with van der Waals surface area (Å²) in [6, 6.07) is 9.53. The van der Waals surface area contributed by atoms with Gasteiger partial charge in [-0.2, -0.15) is 0 Å². The van der Waals surface area contributed by atoms with E-state index in [1.165, 1.54) is 24.6 Å². The molecule has 1 aromatic heterocycles. The summed E-state index contributed by atoms with van der Waals surface area (Å²) < 4.78 is 14.1. The number of nitrogens with one attached hydrogen (secondary N) is 3. The van der Waals surface area contributed by atoms with Crippen LogP contribution in [0.3, 0.4) is 0 Å². The number of pyridine rings is 1. The molecule has 5 N–H and O–H groups in total. The Morgan fingerprint density at radius 2 is 1.89 bits per heavy atom. The van der Waals surface area contributed by atoms with Crippen LogP contribution in [0.15, 0.2) is 41.2 Å². The van der Waals surface area contributed by atoms with Gasteiger partial charge in [-0.3, -0.25) is 14.5 Å². The first-order valence-corrected chi connectivity index (χ1v) is 12.4. The molecule has 0 unspecified atom stereocenters. The van der Waals surface area contributed by atoms with E-state index in [1.54, 1.807) is 19.2 Å². The molecule has 0 bridgehead atoms. The number of carbonyl (C=O) groups excluding carboxylic acids is 1. The van der Waals surface area contributed by atoms with Crippen molar-refractivity contribution in [2.45, 2.75) is 51.3 Å². The third-order valence-electron chi connectivity index (χ3n) is 6.88. The molecule has 3 aromatic rings. The maximum atomic E-state index is 14.1. The summed E-state index contributed by atoms with van der Waals surface area (Å²) in [5.41, 5.74) is 2.13. The van der Waals surface area contributed by atoms with Crippen LogP contribution in [0.1, 0.15) is 53.6 Å². The van der Waals surface area contributed by atoms with Gasteiger partial charge in [-0.05, 0) is 48.2 Å². The van der Waals surface area contributed by atoms with E-state index in [1.807, 2.05) is 6.07 Å². The number of aromatic amines is 1. The molecule has 1 aliphatic rings. The fourth-order valence-electron chi connectivity index (χ4n) is 5.02. The Morgan fingerprint density at radius 1 is 1.11 bits per heavy atom. The van der Waals surface area contributed by atoms with Crippen molar-refractivity contribution < 1.29 is 19.4 Å². The highest BCUT2D eigenvalue weighted by molar-refractivity contribution is 6.06. The van der Waals surface area contributed by atoms with Gasteiger partial charge < -0.3 is 25.8 Å². The lowest BCUT2D eigenvalue weighted by Crippen LogP contribution is -2.38. The number of nitrogens with zero attached hydrogens (tertiary/aromatic N) is 1. The summed E-state index contributed by atoms with van der Waals surface area (Å²) in [6.07, 6.45) is 5.61. The number of aliphatic hydroxyl groups excluding tert-OH is 2. The molecule has 4 rings (SSSR count). The molecular weight excluding hydrogens is 463 g/mol. The molecule has 8 nitrogen and oxygen atoms in total. The number of hydrogen-bond acceptors (Lipinski definition) is 6. The van der Waals surface area contributed by atoms with Crippen LogP contribution < -0.4 is 16.2 Å². The van der Waals surface area contributed by atoms with E-state index in [4.69, 9.17) is 0 Å². The first-order chi connectivity index (χ1) is 17.4. The van der Waals surface area contributed by atoms with E-state index in [0.717, 1.165) is 31.2 Å². The van der Waals surface area contributed by atoms with Crippen LogP contribution in [0, 0.1) is 5.82 Å². The van der Waals surface area contributed by atoms with E-state index in [-0.39, 0.29) is 18.8 Å². The molecule has 9 heteroatoms. The van der Waals surface area contributed by atoms with E-state index < -0.39 is 17.3 Å². The van der Waals surface area contributed by atoms with Crippen molar-refractivity contribution >= 4 is 28.2 Å². The van der Waals surface area contributed by atoms with Crippen LogP contribution in [0.25, 0.3) is 10.9 Å². The highest BCUT2D eigenvalue weighted by Gasteiger charge is 2.23. The predicted octanol–water partition coefficient (Wildman–Crippen LogP) is 3.58. The lowest BCUT2D eigenvalue weighted by atomic mass is 9.93. The maximum absolute atomic E-state index is 14.1. The Kier molecular flexibility index (Phi) is 8.35. The normalized spacial score (nSPS) is 14.4. The van der Waals surface area contributed by atoms with Gasteiger partial charge in [0.1, 0.15) is 11.4 Å². The molecule has 1 aliphatic carbocycles. The lowest BCUT2D eigenvalue weighted by Gasteiger charge is -2.34. The molecule has 0 spiro atoms. The number of amides is 1. The summed E-state index contributed by atoms with van der Waals surface area (Å²) in [4.78, 5) is 30.9. The van der Waals surface area contributed by atoms with Crippen molar-refractivity contribution in [3.05, 3.63) is 69.3 Å². The Morgan fingerprint density at radius 3 is 2.58 bits per heavy atom. The standard InChI is InChI=1S/C27H33FN4O4/c1-29-24-14-20(28)12-18-13-22(27(36)31-25(18)24)26(35)30-23-8-7-17(16-34)11-19(23)15-32(9-10-33)21-5-3-2-4-6-21/h7-8,11-14,21,29,33-34H,2-6,9-10,15-16H2,1H3,(H,30,35)(H,31,36). The summed E-state index contributed by atoms with van der Waals surface area (Å²) in [5, 5.41) is 25.4. The van der Waals surface area contributed by atoms with Gasteiger partial charge in [0, 0.05) is 37.3 Å². The number of benzene rings is 2. The summed E-state index contributed by atoms with van der Waals surface area (Å²) >= 11 is 0. The van der Waals surface area contributed by atoms with E-state index in [9.17, 15) is 24.2 Å². The third-order valence-corrected chi connectivity index (χ3v) is 6.88. The molecule has 2 aromatic carbocycles. The van der Waals surface area contributed by atoms with Crippen LogP contribution in [0.4, 0.5) is 15.8 Å². The van der Waals surface area contributed by atoms with Crippen LogP contribution in [-0.2, 0) is 13.2 Å². The van der Waals surface area contributed by atoms with Gasteiger partial charge in [0.2, 0.25) is 0 Å². The largest absolute Gasteiger partial charge is 0.395 e. The molecule has 192 valence electrons. The number of rotatable bonds is 9. The Labute approximate surface area is 209 Å². The van der Waals surface area contributed by atoms with Gasteiger partial charge >= 0.3 is 0 Å². The SMILES string of the molecule is CNc1cc(F)cc2cc(C(=O)Nc3ccc(CO)cc3CN(CCO)C3CCCCC3)c(=O)[nH]c12. The highest BCUT2D eigenvalue weighted by atomic mass is 19.1. The molecule has 36 heavy (non-hydrogen) atoms. The van der Waals surface area contributed by atoms with Crippen molar-refractivity contribution in [3.8, 4) is 0 Å². The monoisotopic (exact) mass is 496 g/mol. The number of H-pyrrole nitrogens is 1. The molecule has 1 amide bonds. The Hall–Kier alpha value is -3.27. The molecule has 1 fully saturated rings. The zero-order valence-corrected chi connectivity index (χ0v) is 20.4. The fraction of sp³-hybridized carbons (Fsp3) is 0.407. The third kappa shape index (κ3) is 5.75. The minimum Gasteiger partial charge on any atom is -0.395 e. The van der Waals surface area contributed by atoms with Crippen molar-refractivity contribution in [1.29, 1.82) is 0 Å². The number of carbonyl (C=O) groups is 1. The summed E-state index contributed by atoms with van der Waals surface area (Å²) in [6.45, 7) is 0.870. The Balaban J connectivity index is 1.65. The molecular formula is C27H33FN4O4. The van der Waals surface area contributed by atoms with Gasteiger partial charge in [0.25, 0.3) is 11.5 Å². The molecule has 0 aliphatic heterocycles. The van der Waals surface area contributed by atoms with Crippen LogP contribution >= 0.6 is 0 Å². The van der Waals surface area contributed by atoms with Crippen LogP contribution in [0.5, 0.6) is 0 Å². The summed E-state index contributed by atoms with van der Waals surface area (Å²) in [7, 11) is 1.62. The van der Waals surface area contributed by atoms with Crippen LogP contribution in [-0.4, -0.2) is 52.2 Å². The molecule has 0 atom stereocenters. The quantitative estimate of drug-likeness (QED) is 0.309. The van der Waals surface area contributed by atoms with Crippen molar-refractivity contribution in [2.75, 3.05) is 30.8 Å². The van der Waals surface area contributed by atoms with Gasteiger partial charge in [-0.1, -0.05) is 31.4 Å². The van der Waals surface area contributed by atoms with Gasteiger partial charge in [-0.25, -0.2) is 4.39 Å². The number of anilines is 2. The second-order valence-electron chi connectivity index (χ2n) is 9.27. The second-order valence-corrected chi connectivity index (χ2v) is 9.27. The first-order valence-electron chi connectivity index (χ1n) is 12.4. The van der Waals surface area contributed by atoms with E-state index in [2.05, 4.69) is 20.5 Å². The van der Waals surface area contributed by atoms with Crippen LogP contribution in [0.2, 0.25) is 0 Å². The molecule has 1 saturated carbocycles. The zero-order chi connectivity index (χ0) is 25.7. The van der Waals surface area contributed by atoms with Crippen molar-refractivity contribution in [3.63, 3.8) is 0 Å². The Bertz CT molecular complexity index is 1290. The molecule has 0 radical (unpaired) electrons. The van der Waals surface area contributed by atoms with Crippen molar-refractivity contribution in [1.82, 2.24) is 9.88 Å². The lowest BCUT2D eigenvalue weighted by molar-refractivity contribution is 0.102.